The first kappa shape index (κ1) is 26.7. The van der Waals surface area contributed by atoms with Crippen molar-refractivity contribution < 1.29 is 13.9 Å². The first-order chi connectivity index (χ1) is 19.2. The molecule has 39 heavy (non-hydrogen) atoms. The number of piperidine rings is 2. The zero-order valence-electron chi connectivity index (χ0n) is 22.8. The summed E-state index contributed by atoms with van der Waals surface area (Å²) in [6.45, 7) is 6.53. The van der Waals surface area contributed by atoms with Crippen molar-refractivity contribution in [1.29, 1.82) is 0 Å². The summed E-state index contributed by atoms with van der Waals surface area (Å²) < 4.78 is 11.3. The minimum absolute atomic E-state index is 0.301. The molecule has 0 atom stereocenters. The topological polar surface area (TPSA) is 96.1 Å². The fourth-order valence-corrected chi connectivity index (χ4v) is 4.90. The molecule has 5 rings (SSSR count). The fourth-order valence-electron chi connectivity index (χ4n) is 4.90. The fraction of sp³-hybridized carbons (Fsp3) is 0.467. The largest absolute Gasteiger partial charge is 0.462 e. The Morgan fingerprint density at radius 3 is 2.41 bits per heavy atom. The molecule has 0 bridgehead atoms. The number of hydrogen-bond donors (Lipinski definition) is 1. The summed E-state index contributed by atoms with van der Waals surface area (Å²) in [4.78, 5) is 26.5. The van der Waals surface area contributed by atoms with E-state index in [2.05, 4.69) is 27.3 Å². The zero-order chi connectivity index (χ0) is 26.9. The lowest BCUT2D eigenvalue weighted by Gasteiger charge is -2.31. The Bertz CT molecular complexity index is 1210. The van der Waals surface area contributed by atoms with Gasteiger partial charge in [0.15, 0.2) is 5.82 Å². The van der Waals surface area contributed by atoms with Gasteiger partial charge in [-0.15, -0.1) is 0 Å². The van der Waals surface area contributed by atoms with Gasteiger partial charge in [0, 0.05) is 37.8 Å². The van der Waals surface area contributed by atoms with Gasteiger partial charge in [0.1, 0.15) is 17.3 Å². The summed E-state index contributed by atoms with van der Waals surface area (Å²) in [5.41, 5.74) is 4.50. The van der Waals surface area contributed by atoms with Crippen LogP contribution in [0, 0.1) is 0 Å². The third kappa shape index (κ3) is 7.16. The standard InChI is InChI=1S/C30H38N6O3/c1-2-3-20-38-29(37)24-12-10-23(11-13-24)26-15-14-25(39-26)22-31-34-27-21-28(35-16-6-4-7-17-35)33-30(32-27)36-18-8-5-9-19-36/h10-15,21-22H,2-9,16-20H2,1H3,(H,32,33,34)/b31-22+. The van der Waals surface area contributed by atoms with Crippen LogP contribution in [0.4, 0.5) is 17.6 Å². The van der Waals surface area contributed by atoms with Gasteiger partial charge in [0.25, 0.3) is 0 Å². The van der Waals surface area contributed by atoms with Crippen LogP contribution in [-0.4, -0.2) is 54.9 Å². The molecule has 0 radical (unpaired) electrons. The van der Waals surface area contributed by atoms with Crippen molar-refractivity contribution in [2.45, 2.75) is 58.3 Å². The molecule has 0 saturated carbocycles. The molecule has 2 saturated heterocycles. The van der Waals surface area contributed by atoms with E-state index in [1.165, 1.54) is 38.5 Å². The van der Waals surface area contributed by atoms with Gasteiger partial charge < -0.3 is 19.0 Å². The third-order valence-electron chi connectivity index (χ3n) is 7.15. The number of aromatic nitrogens is 2. The number of carbonyl (C=O) groups is 1. The maximum Gasteiger partial charge on any atom is 0.338 e. The van der Waals surface area contributed by atoms with Crippen molar-refractivity contribution in [3.63, 3.8) is 0 Å². The molecule has 0 amide bonds. The summed E-state index contributed by atoms with van der Waals surface area (Å²) in [6, 6.07) is 13.0. The maximum absolute atomic E-state index is 12.1. The summed E-state index contributed by atoms with van der Waals surface area (Å²) in [5, 5.41) is 4.41. The van der Waals surface area contributed by atoms with Crippen LogP contribution >= 0.6 is 0 Å². The summed E-state index contributed by atoms with van der Waals surface area (Å²) in [5.74, 6) is 3.42. The van der Waals surface area contributed by atoms with Crippen LogP contribution < -0.4 is 15.2 Å². The van der Waals surface area contributed by atoms with Gasteiger partial charge in [0.2, 0.25) is 5.95 Å². The van der Waals surface area contributed by atoms with E-state index in [0.29, 0.717) is 29.5 Å². The average Bonchev–Trinajstić information content (AvgIpc) is 3.47. The van der Waals surface area contributed by atoms with E-state index in [-0.39, 0.29) is 5.97 Å². The highest BCUT2D eigenvalue weighted by molar-refractivity contribution is 5.90. The van der Waals surface area contributed by atoms with E-state index in [9.17, 15) is 4.79 Å². The molecule has 1 aromatic carbocycles. The zero-order valence-corrected chi connectivity index (χ0v) is 22.8. The van der Waals surface area contributed by atoms with E-state index in [4.69, 9.17) is 19.1 Å². The molecule has 9 nitrogen and oxygen atoms in total. The van der Waals surface area contributed by atoms with Crippen LogP contribution in [0.3, 0.4) is 0 Å². The Hall–Kier alpha value is -3.88. The van der Waals surface area contributed by atoms with Crippen LogP contribution in [0.15, 0.2) is 52.0 Å². The molecule has 1 N–H and O–H groups in total. The predicted octanol–water partition coefficient (Wildman–Crippen LogP) is 6.12. The second-order valence-electron chi connectivity index (χ2n) is 10.1. The Kier molecular flexibility index (Phi) is 9.09. The SMILES string of the molecule is CCCCOC(=O)c1ccc(-c2ccc(/C=N/Nc3cc(N4CCCCC4)nc(N4CCCCC4)n3)o2)cc1. The van der Waals surface area contributed by atoms with Crippen molar-refractivity contribution in [2.24, 2.45) is 5.10 Å². The number of unbranched alkanes of at least 4 members (excludes halogenated alkanes) is 1. The van der Waals surface area contributed by atoms with E-state index in [0.717, 1.165) is 56.4 Å². The molecule has 2 aromatic heterocycles. The smallest absolute Gasteiger partial charge is 0.338 e. The van der Waals surface area contributed by atoms with Crippen molar-refractivity contribution >= 4 is 29.8 Å². The number of furan rings is 1. The molecule has 9 heteroatoms. The second-order valence-corrected chi connectivity index (χ2v) is 10.1. The van der Waals surface area contributed by atoms with Crippen LogP contribution in [0.2, 0.25) is 0 Å². The van der Waals surface area contributed by atoms with E-state index in [1.54, 1.807) is 18.3 Å². The molecule has 4 heterocycles. The van der Waals surface area contributed by atoms with Gasteiger partial charge in [-0.05, 0) is 69.2 Å². The Labute approximate surface area is 230 Å². The van der Waals surface area contributed by atoms with Gasteiger partial charge in [-0.3, -0.25) is 5.43 Å². The summed E-state index contributed by atoms with van der Waals surface area (Å²) in [6.07, 6.45) is 10.8. The number of rotatable bonds is 10. The van der Waals surface area contributed by atoms with Crippen LogP contribution in [0.1, 0.15) is 74.4 Å². The number of carbonyl (C=O) groups excluding carboxylic acids is 1. The molecule has 0 spiro atoms. The third-order valence-corrected chi connectivity index (χ3v) is 7.15. The van der Waals surface area contributed by atoms with Crippen LogP contribution in [0.25, 0.3) is 11.3 Å². The van der Waals surface area contributed by atoms with Crippen LogP contribution in [0.5, 0.6) is 0 Å². The van der Waals surface area contributed by atoms with Gasteiger partial charge in [-0.1, -0.05) is 25.5 Å². The highest BCUT2D eigenvalue weighted by Gasteiger charge is 2.19. The first-order valence-corrected chi connectivity index (χ1v) is 14.2. The molecule has 3 aromatic rings. The lowest BCUT2D eigenvalue weighted by molar-refractivity contribution is 0.0499. The quantitative estimate of drug-likeness (QED) is 0.145. The van der Waals surface area contributed by atoms with Crippen molar-refractivity contribution in [3.05, 3.63) is 53.8 Å². The number of hydrazone groups is 1. The van der Waals surface area contributed by atoms with Gasteiger partial charge in [-0.2, -0.15) is 15.1 Å². The van der Waals surface area contributed by atoms with E-state index in [1.807, 2.05) is 30.3 Å². The van der Waals surface area contributed by atoms with E-state index < -0.39 is 0 Å². The highest BCUT2D eigenvalue weighted by atomic mass is 16.5. The monoisotopic (exact) mass is 530 g/mol. The predicted molar refractivity (Wildman–Crippen MR) is 155 cm³/mol. The summed E-state index contributed by atoms with van der Waals surface area (Å²) in [7, 11) is 0. The molecular weight excluding hydrogens is 492 g/mol. The summed E-state index contributed by atoms with van der Waals surface area (Å²) >= 11 is 0. The van der Waals surface area contributed by atoms with E-state index >= 15 is 0 Å². The van der Waals surface area contributed by atoms with Crippen molar-refractivity contribution in [2.75, 3.05) is 48.0 Å². The average molecular weight is 531 g/mol. The lowest BCUT2D eigenvalue weighted by atomic mass is 10.1. The van der Waals surface area contributed by atoms with Gasteiger partial charge in [0.05, 0.1) is 18.4 Å². The normalized spacial score (nSPS) is 16.0. The molecule has 2 aliphatic rings. The minimum atomic E-state index is -0.301. The number of nitrogens with one attached hydrogen (secondary N) is 1. The number of hydrogen-bond acceptors (Lipinski definition) is 9. The number of esters is 1. The van der Waals surface area contributed by atoms with Gasteiger partial charge in [-0.25, -0.2) is 4.79 Å². The molecule has 2 fully saturated rings. The highest BCUT2D eigenvalue weighted by Crippen LogP contribution is 2.26. The maximum atomic E-state index is 12.1. The number of nitrogens with zero attached hydrogens (tertiary/aromatic N) is 5. The first-order valence-electron chi connectivity index (χ1n) is 14.2. The van der Waals surface area contributed by atoms with Crippen LogP contribution in [-0.2, 0) is 4.74 Å². The lowest BCUT2D eigenvalue weighted by Crippen LogP contribution is -2.33. The molecule has 206 valence electrons. The molecular formula is C30H38N6O3. The number of ether oxygens (including phenoxy) is 1. The number of anilines is 3. The van der Waals surface area contributed by atoms with Gasteiger partial charge >= 0.3 is 5.97 Å². The molecule has 2 aliphatic heterocycles. The Balaban J connectivity index is 1.24. The number of benzene rings is 1. The van der Waals surface area contributed by atoms with Crippen molar-refractivity contribution in [3.8, 4) is 11.3 Å². The van der Waals surface area contributed by atoms with Crippen molar-refractivity contribution in [1.82, 2.24) is 9.97 Å². The molecule has 0 unspecified atom stereocenters. The minimum Gasteiger partial charge on any atom is -0.462 e. The Morgan fingerprint density at radius 1 is 0.974 bits per heavy atom. The molecule has 0 aliphatic carbocycles. The Morgan fingerprint density at radius 2 is 1.69 bits per heavy atom. The second kappa shape index (κ2) is 13.3.